The van der Waals surface area contributed by atoms with Crippen LogP contribution in [0.3, 0.4) is 0 Å². The zero-order valence-corrected chi connectivity index (χ0v) is 12.0. The maximum atomic E-state index is 13.5. The van der Waals surface area contributed by atoms with Gasteiger partial charge in [-0.25, -0.2) is 4.39 Å². The van der Waals surface area contributed by atoms with Crippen molar-refractivity contribution in [3.8, 4) is 0 Å². The summed E-state index contributed by atoms with van der Waals surface area (Å²) in [5, 5.41) is 8.79. The molecule has 110 valence electrons. The van der Waals surface area contributed by atoms with Crippen LogP contribution in [0.5, 0.6) is 0 Å². The minimum absolute atomic E-state index is 0.123. The van der Waals surface area contributed by atoms with Crippen LogP contribution in [0.25, 0.3) is 0 Å². The molecule has 1 aromatic heterocycles. The van der Waals surface area contributed by atoms with Crippen LogP contribution in [-0.2, 0) is 16.6 Å². The molecule has 2 N–H and O–H groups in total. The van der Waals surface area contributed by atoms with Crippen LogP contribution in [0.2, 0.25) is 5.02 Å². The van der Waals surface area contributed by atoms with Crippen molar-refractivity contribution in [2.75, 3.05) is 10.6 Å². The Labute approximate surface area is 124 Å². The molecule has 0 aliphatic rings. The van der Waals surface area contributed by atoms with E-state index in [1.807, 2.05) is 0 Å². The number of nitrogens with zero attached hydrogens (tertiary/aromatic N) is 2. The second-order valence-electron chi connectivity index (χ2n) is 4.33. The molecule has 0 saturated carbocycles. The topological polar surface area (TPSA) is 76.0 Å². The number of carbonyl (C=O) groups excluding carboxylic acids is 2. The summed E-state index contributed by atoms with van der Waals surface area (Å²) in [4.78, 5) is 23.5. The Morgan fingerprint density at radius 1 is 1.24 bits per heavy atom. The molecule has 1 heterocycles. The fourth-order valence-corrected chi connectivity index (χ4v) is 1.83. The predicted octanol–water partition coefficient (Wildman–Crippen LogP) is 2.10. The van der Waals surface area contributed by atoms with E-state index >= 15 is 0 Å². The molecule has 21 heavy (non-hydrogen) atoms. The first-order valence-corrected chi connectivity index (χ1v) is 6.32. The lowest BCUT2D eigenvalue weighted by Gasteiger charge is -2.06. The van der Waals surface area contributed by atoms with Crippen LogP contribution in [0.1, 0.15) is 5.69 Å². The molecule has 0 aliphatic heterocycles. The second-order valence-corrected chi connectivity index (χ2v) is 4.77. The minimum atomic E-state index is -0.987. The number of aromatic nitrogens is 2. The van der Waals surface area contributed by atoms with Gasteiger partial charge in [0, 0.05) is 18.3 Å². The number of benzene rings is 1. The molecule has 6 nitrogen and oxygen atoms in total. The van der Waals surface area contributed by atoms with Gasteiger partial charge in [0.1, 0.15) is 5.82 Å². The van der Waals surface area contributed by atoms with E-state index in [0.29, 0.717) is 11.4 Å². The van der Waals surface area contributed by atoms with Crippen molar-refractivity contribution < 1.29 is 14.0 Å². The Morgan fingerprint density at radius 2 is 1.86 bits per heavy atom. The number of anilines is 2. The van der Waals surface area contributed by atoms with E-state index in [0.717, 1.165) is 6.07 Å². The summed E-state index contributed by atoms with van der Waals surface area (Å²) < 4.78 is 15.0. The van der Waals surface area contributed by atoms with Crippen molar-refractivity contribution in [3.63, 3.8) is 0 Å². The van der Waals surface area contributed by atoms with E-state index in [9.17, 15) is 14.0 Å². The van der Waals surface area contributed by atoms with Gasteiger partial charge in [-0.05, 0) is 25.1 Å². The molecule has 0 saturated heterocycles. The fourth-order valence-electron chi connectivity index (χ4n) is 1.67. The molecule has 0 radical (unpaired) electrons. The van der Waals surface area contributed by atoms with Gasteiger partial charge in [0.25, 0.3) is 0 Å². The highest BCUT2D eigenvalue weighted by molar-refractivity contribution is 6.43. The highest BCUT2D eigenvalue weighted by atomic mass is 35.5. The molecule has 0 aliphatic carbocycles. The van der Waals surface area contributed by atoms with E-state index in [4.69, 9.17) is 11.6 Å². The van der Waals surface area contributed by atoms with E-state index in [-0.39, 0.29) is 10.7 Å². The van der Waals surface area contributed by atoms with E-state index in [1.54, 1.807) is 20.2 Å². The SMILES string of the molecule is Cc1nn(C)cc1NC(=O)C(=O)Nc1ccc(Cl)cc1F. The Bertz CT molecular complexity index is 714. The molecule has 8 heteroatoms. The second kappa shape index (κ2) is 5.92. The monoisotopic (exact) mass is 310 g/mol. The largest absolute Gasteiger partial charge is 0.315 e. The van der Waals surface area contributed by atoms with E-state index < -0.39 is 17.6 Å². The number of aryl methyl sites for hydroxylation is 2. The number of amides is 2. The summed E-state index contributed by atoms with van der Waals surface area (Å²) in [6, 6.07) is 3.72. The number of nitrogens with one attached hydrogen (secondary N) is 2. The van der Waals surface area contributed by atoms with Crippen molar-refractivity contribution >= 4 is 34.8 Å². The van der Waals surface area contributed by atoms with Gasteiger partial charge < -0.3 is 10.6 Å². The average molecular weight is 311 g/mol. The van der Waals surface area contributed by atoms with Gasteiger partial charge in [-0.1, -0.05) is 11.6 Å². The highest BCUT2D eigenvalue weighted by Gasteiger charge is 2.17. The van der Waals surface area contributed by atoms with Gasteiger partial charge >= 0.3 is 11.8 Å². The van der Waals surface area contributed by atoms with Crippen molar-refractivity contribution in [2.24, 2.45) is 7.05 Å². The third kappa shape index (κ3) is 3.57. The molecule has 0 fully saturated rings. The van der Waals surface area contributed by atoms with Crippen molar-refractivity contribution in [3.05, 3.63) is 40.9 Å². The van der Waals surface area contributed by atoms with Gasteiger partial charge in [-0.15, -0.1) is 0 Å². The summed E-state index contributed by atoms with van der Waals surface area (Å²) in [6.07, 6.45) is 1.56. The maximum absolute atomic E-state index is 13.5. The normalized spacial score (nSPS) is 10.3. The van der Waals surface area contributed by atoms with Gasteiger partial charge in [0.05, 0.1) is 17.1 Å². The number of hydrogen-bond donors (Lipinski definition) is 2. The van der Waals surface area contributed by atoms with Gasteiger partial charge in [-0.2, -0.15) is 5.10 Å². The Morgan fingerprint density at radius 3 is 2.38 bits per heavy atom. The van der Waals surface area contributed by atoms with Crippen LogP contribution in [0, 0.1) is 12.7 Å². The molecule has 0 unspecified atom stereocenters. The third-order valence-corrected chi connectivity index (χ3v) is 2.88. The van der Waals surface area contributed by atoms with Crippen molar-refractivity contribution in [1.82, 2.24) is 9.78 Å². The number of rotatable bonds is 2. The number of carbonyl (C=O) groups is 2. The van der Waals surface area contributed by atoms with Crippen LogP contribution in [0.15, 0.2) is 24.4 Å². The average Bonchev–Trinajstić information content (AvgIpc) is 2.71. The van der Waals surface area contributed by atoms with Crippen LogP contribution in [-0.4, -0.2) is 21.6 Å². The maximum Gasteiger partial charge on any atom is 0.314 e. The first-order chi connectivity index (χ1) is 9.86. The highest BCUT2D eigenvalue weighted by Crippen LogP contribution is 2.19. The molecular weight excluding hydrogens is 299 g/mol. The van der Waals surface area contributed by atoms with Gasteiger partial charge in [-0.3, -0.25) is 14.3 Å². The molecule has 0 spiro atoms. The van der Waals surface area contributed by atoms with Gasteiger partial charge in [0.15, 0.2) is 0 Å². The number of halogens is 2. The zero-order valence-electron chi connectivity index (χ0n) is 11.3. The lowest BCUT2D eigenvalue weighted by molar-refractivity contribution is -0.133. The van der Waals surface area contributed by atoms with Crippen LogP contribution >= 0.6 is 11.6 Å². The summed E-state index contributed by atoms with van der Waals surface area (Å²) in [7, 11) is 1.69. The first-order valence-electron chi connectivity index (χ1n) is 5.94. The van der Waals surface area contributed by atoms with Crippen LogP contribution < -0.4 is 10.6 Å². The molecule has 2 amide bonds. The molecule has 2 rings (SSSR count). The standard InChI is InChI=1S/C13H12ClFN4O2/c1-7-11(6-19(2)18-7)17-13(21)12(20)16-10-4-3-8(14)5-9(10)15/h3-6H,1-2H3,(H,16,20)(H,17,21). The molecule has 0 atom stereocenters. The summed E-state index contributed by atoms with van der Waals surface area (Å²) >= 11 is 5.60. The number of hydrogen-bond acceptors (Lipinski definition) is 3. The quantitative estimate of drug-likeness (QED) is 0.834. The van der Waals surface area contributed by atoms with Crippen LogP contribution in [0.4, 0.5) is 15.8 Å². The Balaban J connectivity index is 2.06. The summed E-state index contributed by atoms with van der Waals surface area (Å²) in [5.41, 5.74) is 0.855. The lowest BCUT2D eigenvalue weighted by Crippen LogP contribution is -2.29. The molecule has 1 aromatic carbocycles. The Hall–Kier alpha value is -2.41. The smallest absolute Gasteiger partial charge is 0.314 e. The first kappa shape index (κ1) is 15.0. The summed E-state index contributed by atoms with van der Waals surface area (Å²) in [5.74, 6) is -2.62. The third-order valence-electron chi connectivity index (χ3n) is 2.65. The molecular formula is C13H12ClFN4O2. The van der Waals surface area contributed by atoms with E-state index in [2.05, 4.69) is 15.7 Å². The molecule has 2 aromatic rings. The predicted molar refractivity (Wildman–Crippen MR) is 76.6 cm³/mol. The molecule has 0 bridgehead atoms. The van der Waals surface area contributed by atoms with Gasteiger partial charge in [0.2, 0.25) is 0 Å². The van der Waals surface area contributed by atoms with E-state index in [1.165, 1.54) is 16.8 Å². The van der Waals surface area contributed by atoms with Crippen molar-refractivity contribution in [1.29, 1.82) is 0 Å². The lowest BCUT2D eigenvalue weighted by atomic mass is 10.3. The summed E-state index contributed by atoms with van der Waals surface area (Å²) in [6.45, 7) is 1.69. The van der Waals surface area contributed by atoms with Crippen molar-refractivity contribution in [2.45, 2.75) is 6.92 Å². The Kier molecular flexibility index (Phi) is 4.23. The fraction of sp³-hybridized carbons (Fsp3) is 0.154. The minimum Gasteiger partial charge on any atom is -0.315 e. The zero-order chi connectivity index (χ0) is 15.6.